The van der Waals surface area contributed by atoms with Gasteiger partial charge in [0.05, 0.1) is 32.5 Å². The lowest BCUT2D eigenvalue weighted by molar-refractivity contribution is -0.111. The molecule has 12 heteroatoms. The fourth-order valence-electron chi connectivity index (χ4n) is 3.52. The number of hydrogen-bond donors (Lipinski definition) is 0. The number of nitrogens with zero attached hydrogens (tertiary/aromatic N) is 4. The average molecular weight is 473 g/mol. The molecule has 1 aromatic carbocycles. The third kappa shape index (κ3) is 5.36. The van der Waals surface area contributed by atoms with Gasteiger partial charge in [0.2, 0.25) is 0 Å². The van der Waals surface area contributed by atoms with Gasteiger partial charge in [-0.3, -0.25) is 9.74 Å². The van der Waals surface area contributed by atoms with E-state index in [9.17, 15) is 18.4 Å². The molecule has 2 aliphatic rings. The van der Waals surface area contributed by atoms with Crippen molar-refractivity contribution in [2.24, 2.45) is 0 Å². The SMILES string of the molecule is COC(=S)CC[C@H]1CN(c2cc(F)c(N3CCON(C(=O)N(C)C)CC3)c(F)c2)C(=O)O1. The first-order valence-corrected chi connectivity index (χ1v) is 10.5. The maximum Gasteiger partial charge on any atom is 0.414 e. The Morgan fingerprint density at radius 2 is 1.94 bits per heavy atom. The minimum atomic E-state index is -0.816. The van der Waals surface area contributed by atoms with Gasteiger partial charge in [-0.1, -0.05) is 0 Å². The normalized spacial score (nSPS) is 19.0. The van der Waals surface area contributed by atoms with E-state index in [0.717, 1.165) is 12.1 Å². The molecule has 1 aromatic rings. The number of cyclic esters (lactones) is 1. The smallest absolute Gasteiger partial charge is 0.414 e. The number of benzene rings is 1. The highest BCUT2D eigenvalue weighted by molar-refractivity contribution is 7.80. The quantitative estimate of drug-likeness (QED) is 0.610. The van der Waals surface area contributed by atoms with Crippen molar-refractivity contribution in [2.75, 3.05) is 63.8 Å². The Morgan fingerprint density at radius 1 is 1.25 bits per heavy atom. The van der Waals surface area contributed by atoms with Gasteiger partial charge in [0.1, 0.15) is 11.8 Å². The van der Waals surface area contributed by atoms with Crippen LogP contribution in [0.25, 0.3) is 0 Å². The van der Waals surface area contributed by atoms with Gasteiger partial charge < -0.3 is 19.3 Å². The van der Waals surface area contributed by atoms with E-state index in [1.54, 1.807) is 14.1 Å². The summed E-state index contributed by atoms with van der Waals surface area (Å²) in [5.41, 5.74) is -0.160. The molecule has 0 saturated carbocycles. The van der Waals surface area contributed by atoms with Crippen LogP contribution in [0.3, 0.4) is 0 Å². The summed E-state index contributed by atoms with van der Waals surface area (Å²) >= 11 is 4.98. The van der Waals surface area contributed by atoms with Gasteiger partial charge in [0, 0.05) is 45.7 Å². The number of hydroxylamine groups is 2. The summed E-state index contributed by atoms with van der Waals surface area (Å²) in [6.45, 7) is 0.755. The second kappa shape index (κ2) is 10.3. The van der Waals surface area contributed by atoms with E-state index in [1.807, 2.05) is 0 Å². The van der Waals surface area contributed by atoms with E-state index in [0.29, 0.717) is 17.9 Å². The first kappa shape index (κ1) is 23.9. The number of thiocarbonyl (C=S) groups is 1. The Hall–Kier alpha value is -2.73. The summed E-state index contributed by atoms with van der Waals surface area (Å²) in [4.78, 5) is 33.7. The van der Waals surface area contributed by atoms with Crippen LogP contribution in [0.1, 0.15) is 12.8 Å². The highest BCUT2D eigenvalue weighted by Crippen LogP contribution is 2.32. The number of ether oxygens (including phenoxy) is 2. The molecule has 0 N–H and O–H groups in total. The predicted molar refractivity (Wildman–Crippen MR) is 117 cm³/mol. The first-order valence-electron chi connectivity index (χ1n) is 10.1. The van der Waals surface area contributed by atoms with Gasteiger partial charge in [-0.2, -0.15) is 0 Å². The summed E-state index contributed by atoms with van der Waals surface area (Å²) in [5, 5.41) is 1.56. The van der Waals surface area contributed by atoms with Crippen molar-refractivity contribution in [3.63, 3.8) is 0 Å². The van der Waals surface area contributed by atoms with Gasteiger partial charge in [-0.15, -0.1) is 0 Å². The molecular weight excluding hydrogens is 446 g/mol. The number of hydrogen-bond acceptors (Lipinski definition) is 7. The molecule has 176 valence electrons. The van der Waals surface area contributed by atoms with Crippen molar-refractivity contribution in [3.8, 4) is 0 Å². The van der Waals surface area contributed by atoms with Crippen LogP contribution in [0.5, 0.6) is 0 Å². The third-order valence-corrected chi connectivity index (χ3v) is 5.55. The van der Waals surface area contributed by atoms with Crippen molar-refractivity contribution in [2.45, 2.75) is 18.9 Å². The number of urea groups is 1. The summed E-state index contributed by atoms with van der Waals surface area (Å²) in [6.07, 6.45) is -0.243. The van der Waals surface area contributed by atoms with Crippen molar-refractivity contribution < 1.29 is 32.7 Å². The topological polar surface area (TPSA) is 74.8 Å². The largest absolute Gasteiger partial charge is 0.490 e. The highest BCUT2D eigenvalue weighted by Gasteiger charge is 2.34. The zero-order valence-electron chi connectivity index (χ0n) is 18.2. The molecule has 3 amide bonds. The first-order chi connectivity index (χ1) is 15.2. The molecule has 32 heavy (non-hydrogen) atoms. The standard InChI is InChI=1S/C20H26F2N4O5S/c1-23(2)19(27)26-7-6-24(8-9-30-26)18-15(21)10-13(11-16(18)22)25-12-14(31-20(25)28)4-5-17(32)29-3/h10-11,14H,4-9,12H2,1-3H3/t14-/m0/s1. The van der Waals surface area contributed by atoms with Crippen molar-refractivity contribution >= 4 is 40.8 Å². The van der Waals surface area contributed by atoms with Crippen molar-refractivity contribution in [1.82, 2.24) is 9.96 Å². The fraction of sp³-hybridized carbons (Fsp3) is 0.550. The summed E-state index contributed by atoms with van der Waals surface area (Å²) in [5.74, 6) is -1.63. The lowest BCUT2D eigenvalue weighted by Crippen LogP contribution is -2.40. The molecular formula is C20H26F2N4O5S. The Balaban J connectivity index is 1.71. The molecule has 2 aliphatic heterocycles. The zero-order chi connectivity index (χ0) is 23.4. The van der Waals surface area contributed by atoms with E-state index >= 15 is 0 Å². The molecule has 2 fully saturated rings. The fourth-order valence-corrected chi connectivity index (χ4v) is 3.64. The van der Waals surface area contributed by atoms with Crippen LogP contribution in [0.15, 0.2) is 12.1 Å². The lowest BCUT2D eigenvalue weighted by atomic mass is 10.2. The molecule has 0 bridgehead atoms. The number of carbonyl (C=O) groups excluding carboxylic acids is 2. The predicted octanol–water partition coefficient (Wildman–Crippen LogP) is 2.78. The van der Waals surface area contributed by atoms with E-state index < -0.39 is 23.8 Å². The molecule has 3 rings (SSSR count). The van der Waals surface area contributed by atoms with Crippen molar-refractivity contribution in [1.29, 1.82) is 0 Å². The number of rotatable bonds is 5. The number of halogens is 2. The molecule has 0 aliphatic carbocycles. The third-order valence-electron chi connectivity index (χ3n) is 5.18. The summed E-state index contributed by atoms with van der Waals surface area (Å²) in [6, 6.07) is 1.86. The van der Waals surface area contributed by atoms with E-state index in [4.69, 9.17) is 26.5 Å². The average Bonchev–Trinajstić information content (AvgIpc) is 2.96. The number of carbonyl (C=O) groups is 2. The molecule has 0 spiro atoms. The second-order valence-electron chi connectivity index (χ2n) is 7.59. The number of amides is 3. The lowest BCUT2D eigenvalue weighted by Gasteiger charge is -2.25. The Kier molecular flexibility index (Phi) is 7.67. The molecule has 0 unspecified atom stereocenters. The van der Waals surface area contributed by atoms with Crippen LogP contribution in [0.4, 0.5) is 29.7 Å². The maximum absolute atomic E-state index is 15.0. The summed E-state index contributed by atoms with van der Waals surface area (Å²) in [7, 11) is 4.65. The van der Waals surface area contributed by atoms with Crippen LogP contribution in [0.2, 0.25) is 0 Å². The molecule has 9 nitrogen and oxygen atoms in total. The number of anilines is 2. The number of methoxy groups -OCH3 is 1. The van der Waals surface area contributed by atoms with Crippen LogP contribution in [-0.4, -0.2) is 87.2 Å². The second-order valence-corrected chi connectivity index (χ2v) is 8.04. The van der Waals surface area contributed by atoms with Gasteiger partial charge >= 0.3 is 12.1 Å². The minimum Gasteiger partial charge on any atom is -0.490 e. The van der Waals surface area contributed by atoms with Crippen LogP contribution < -0.4 is 9.80 Å². The molecule has 0 radical (unpaired) electrons. The molecule has 1 atom stereocenters. The van der Waals surface area contributed by atoms with Crippen LogP contribution in [-0.2, 0) is 14.3 Å². The monoisotopic (exact) mass is 472 g/mol. The molecule has 2 heterocycles. The van der Waals surface area contributed by atoms with E-state index in [1.165, 1.54) is 26.9 Å². The Labute approximate surface area is 190 Å². The van der Waals surface area contributed by atoms with Gasteiger partial charge in [0.15, 0.2) is 16.7 Å². The molecule has 2 saturated heterocycles. The Bertz CT molecular complexity index is 865. The van der Waals surface area contributed by atoms with Crippen LogP contribution >= 0.6 is 12.2 Å². The van der Waals surface area contributed by atoms with Gasteiger partial charge in [0.25, 0.3) is 0 Å². The zero-order valence-corrected chi connectivity index (χ0v) is 19.0. The van der Waals surface area contributed by atoms with Gasteiger partial charge in [-0.05, 0) is 18.6 Å². The van der Waals surface area contributed by atoms with Gasteiger partial charge in [-0.25, -0.2) is 23.4 Å². The maximum atomic E-state index is 15.0. The minimum absolute atomic E-state index is 0.0704. The summed E-state index contributed by atoms with van der Waals surface area (Å²) < 4.78 is 40.1. The van der Waals surface area contributed by atoms with Crippen LogP contribution in [0, 0.1) is 11.6 Å². The molecule has 0 aromatic heterocycles. The Morgan fingerprint density at radius 3 is 2.56 bits per heavy atom. The van der Waals surface area contributed by atoms with E-state index in [-0.39, 0.29) is 50.2 Å². The highest BCUT2D eigenvalue weighted by atomic mass is 32.1. The van der Waals surface area contributed by atoms with E-state index in [2.05, 4.69) is 0 Å². The van der Waals surface area contributed by atoms with Crippen molar-refractivity contribution in [3.05, 3.63) is 23.8 Å².